The minimum absolute atomic E-state index is 0.176. The van der Waals surface area contributed by atoms with Crippen LogP contribution in [0, 0.1) is 0 Å². The van der Waals surface area contributed by atoms with Crippen molar-refractivity contribution >= 4 is 5.91 Å². The number of methoxy groups -OCH3 is 1. The van der Waals surface area contributed by atoms with Crippen LogP contribution in [0.4, 0.5) is 0 Å². The summed E-state index contributed by atoms with van der Waals surface area (Å²) in [7, 11) is 1.60. The van der Waals surface area contributed by atoms with Gasteiger partial charge >= 0.3 is 0 Å². The summed E-state index contributed by atoms with van der Waals surface area (Å²) >= 11 is 0. The topological polar surface area (TPSA) is 49.8 Å². The van der Waals surface area contributed by atoms with Gasteiger partial charge in [0.2, 0.25) is 5.91 Å². The Morgan fingerprint density at radius 2 is 1.71 bits per heavy atom. The molecule has 0 bridgehead atoms. The average molecular weight is 285 g/mol. The van der Waals surface area contributed by atoms with E-state index < -0.39 is 0 Å². The van der Waals surface area contributed by atoms with Crippen LogP contribution in [0.1, 0.15) is 11.1 Å². The zero-order valence-corrected chi connectivity index (χ0v) is 12.0. The first-order valence-electron chi connectivity index (χ1n) is 6.85. The van der Waals surface area contributed by atoms with Gasteiger partial charge in [-0.2, -0.15) is 0 Å². The fourth-order valence-electron chi connectivity index (χ4n) is 2.01. The van der Waals surface area contributed by atoms with Crippen molar-refractivity contribution in [1.29, 1.82) is 0 Å². The lowest BCUT2D eigenvalue weighted by Gasteiger charge is -2.15. The summed E-state index contributed by atoms with van der Waals surface area (Å²) < 4.78 is 5.06. The summed E-state index contributed by atoms with van der Waals surface area (Å²) in [5, 5.41) is 10.6. The van der Waals surface area contributed by atoms with Crippen LogP contribution >= 0.6 is 0 Å². The number of rotatable bonds is 6. The SMILES string of the molecule is COc1ccc(CC(=O)N(O)CCc2ccccc2)cc1. The van der Waals surface area contributed by atoms with Crippen LogP contribution in [0.2, 0.25) is 0 Å². The van der Waals surface area contributed by atoms with Gasteiger partial charge < -0.3 is 4.74 Å². The van der Waals surface area contributed by atoms with Crippen LogP contribution in [-0.4, -0.2) is 29.8 Å². The van der Waals surface area contributed by atoms with E-state index in [1.54, 1.807) is 19.2 Å². The Labute approximate surface area is 124 Å². The number of hydrogen-bond acceptors (Lipinski definition) is 3. The Hall–Kier alpha value is -2.33. The van der Waals surface area contributed by atoms with Crippen LogP contribution in [-0.2, 0) is 17.6 Å². The number of carbonyl (C=O) groups excluding carboxylic acids is 1. The van der Waals surface area contributed by atoms with Gasteiger partial charge in [-0.3, -0.25) is 10.0 Å². The van der Waals surface area contributed by atoms with Gasteiger partial charge in [0.05, 0.1) is 20.1 Å². The molecule has 2 aromatic rings. The third-order valence-corrected chi connectivity index (χ3v) is 3.26. The van der Waals surface area contributed by atoms with Crippen LogP contribution in [0.5, 0.6) is 5.75 Å². The van der Waals surface area contributed by atoms with E-state index in [2.05, 4.69) is 0 Å². The Morgan fingerprint density at radius 1 is 1.05 bits per heavy atom. The molecular formula is C17H19NO3. The van der Waals surface area contributed by atoms with Gasteiger partial charge in [-0.15, -0.1) is 0 Å². The Bertz CT molecular complexity index is 566. The predicted octanol–water partition coefficient (Wildman–Crippen LogP) is 2.70. The fourth-order valence-corrected chi connectivity index (χ4v) is 2.01. The molecule has 1 amide bonds. The Balaban J connectivity index is 1.84. The summed E-state index contributed by atoms with van der Waals surface area (Å²) in [6.07, 6.45) is 0.807. The minimum atomic E-state index is -0.309. The Morgan fingerprint density at radius 3 is 2.33 bits per heavy atom. The van der Waals surface area contributed by atoms with E-state index in [4.69, 9.17) is 4.74 Å². The molecule has 0 aliphatic heterocycles. The summed E-state index contributed by atoms with van der Waals surface area (Å²) in [6.45, 7) is 0.291. The lowest BCUT2D eigenvalue weighted by molar-refractivity contribution is -0.164. The molecule has 2 aromatic carbocycles. The first-order valence-corrected chi connectivity index (χ1v) is 6.85. The van der Waals surface area contributed by atoms with Crippen LogP contribution in [0.3, 0.4) is 0 Å². The number of nitrogens with zero attached hydrogens (tertiary/aromatic N) is 1. The molecule has 0 aromatic heterocycles. The van der Waals surface area contributed by atoms with E-state index >= 15 is 0 Å². The molecule has 0 unspecified atom stereocenters. The highest BCUT2D eigenvalue weighted by Gasteiger charge is 2.11. The first-order chi connectivity index (χ1) is 10.2. The number of hydrogen-bond donors (Lipinski definition) is 1. The van der Waals surface area contributed by atoms with Crippen molar-refractivity contribution in [3.63, 3.8) is 0 Å². The van der Waals surface area contributed by atoms with Crippen molar-refractivity contribution in [1.82, 2.24) is 5.06 Å². The van der Waals surface area contributed by atoms with Gasteiger partial charge in [0.25, 0.3) is 0 Å². The molecule has 0 saturated heterocycles. The molecule has 0 spiro atoms. The smallest absolute Gasteiger partial charge is 0.250 e. The third-order valence-electron chi connectivity index (χ3n) is 3.26. The van der Waals surface area contributed by atoms with E-state index in [0.29, 0.717) is 13.0 Å². The zero-order valence-electron chi connectivity index (χ0n) is 12.0. The number of carbonyl (C=O) groups is 1. The van der Waals surface area contributed by atoms with Crippen molar-refractivity contribution in [2.24, 2.45) is 0 Å². The van der Waals surface area contributed by atoms with Gasteiger partial charge in [0.15, 0.2) is 0 Å². The van der Waals surface area contributed by atoms with Crippen LogP contribution in [0.25, 0.3) is 0 Å². The maximum atomic E-state index is 11.9. The average Bonchev–Trinajstić information content (AvgIpc) is 2.54. The maximum Gasteiger partial charge on any atom is 0.250 e. The highest BCUT2D eigenvalue weighted by Crippen LogP contribution is 2.12. The number of amides is 1. The molecule has 0 aliphatic carbocycles. The summed E-state index contributed by atoms with van der Waals surface area (Å²) in [5.74, 6) is 0.437. The molecule has 4 heteroatoms. The van der Waals surface area contributed by atoms with Crippen molar-refractivity contribution < 1.29 is 14.7 Å². The molecule has 1 N–H and O–H groups in total. The zero-order chi connectivity index (χ0) is 15.1. The van der Waals surface area contributed by atoms with E-state index in [1.807, 2.05) is 42.5 Å². The fraction of sp³-hybridized carbons (Fsp3) is 0.235. The second kappa shape index (κ2) is 7.45. The lowest BCUT2D eigenvalue weighted by Crippen LogP contribution is -2.30. The van der Waals surface area contributed by atoms with E-state index in [0.717, 1.165) is 21.9 Å². The summed E-state index contributed by atoms with van der Waals surface area (Å²) in [6, 6.07) is 17.0. The van der Waals surface area contributed by atoms with Crippen molar-refractivity contribution in [3.05, 3.63) is 65.7 Å². The molecule has 0 fully saturated rings. The highest BCUT2D eigenvalue weighted by molar-refractivity contribution is 5.77. The summed E-state index contributed by atoms with van der Waals surface area (Å²) in [5.41, 5.74) is 1.94. The third kappa shape index (κ3) is 4.61. The molecule has 0 atom stereocenters. The monoisotopic (exact) mass is 285 g/mol. The molecule has 0 radical (unpaired) electrons. The lowest BCUT2D eigenvalue weighted by atomic mass is 10.1. The summed E-state index contributed by atoms with van der Waals surface area (Å²) in [4.78, 5) is 11.9. The number of benzene rings is 2. The number of ether oxygens (including phenoxy) is 1. The molecule has 4 nitrogen and oxygen atoms in total. The van der Waals surface area contributed by atoms with Gasteiger partial charge in [0.1, 0.15) is 5.75 Å². The van der Waals surface area contributed by atoms with Gasteiger partial charge in [-0.05, 0) is 29.7 Å². The van der Waals surface area contributed by atoms with Crippen LogP contribution < -0.4 is 4.74 Å². The second-order valence-electron chi connectivity index (χ2n) is 4.78. The largest absolute Gasteiger partial charge is 0.497 e. The van der Waals surface area contributed by atoms with Crippen LogP contribution in [0.15, 0.2) is 54.6 Å². The van der Waals surface area contributed by atoms with Gasteiger partial charge in [-0.1, -0.05) is 42.5 Å². The molecule has 0 aliphatic rings. The maximum absolute atomic E-state index is 11.9. The highest BCUT2D eigenvalue weighted by atomic mass is 16.5. The molecule has 0 saturated carbocycles. The number of hydroxylamine groups is 2. The van der Waals surface area contributed by atoms with Crippen molar-refractivity contribution in [2.45, 2.75) is 12.8 Å². The van der Waals surface area contributed by atoms with E-state index in [9.17, 15) is 10.0 Å². The van der Waals surface area contributed by atoms with Gasteiger partial charge in [0, 0.05) is 0 Å². The second-order valence-corrected chi connectivity index (χ2v) is 4.78. The van der Waals surface area contributed by atoms with Crippen molar-refractivity contribution in [2.75, 3.05) is 13.7 Å². The van der Waals surface area contributed by atoms with E-state index in [-0.39, 0.29) is 12.3 Å². The molecular weight excluding hydrogens is 266 g/mol. The van der Waals surface area contributed by atoms with Crippen molar-refractivity contribution in [3.8, 4) is 5.75 Å². The predicted molar refractivity (Wildman–Crippen MR) is 80.3 cm³/mol. The quantitative estimate of drug-likeness (QED) is 0.656. The molecule has 110 valence electrons. The molecule has 2 rings (SSSR count). The minimum Gasteiger partial charge on any atom is -0.497 e. The standard InChI is InChI=1S/C17H19NO3/c1-21-16-9-7-15(8-10-16)13-17(19)18(20)12-11-14-5-3-2-4-6-14/h2-10,20H,11-13H2,1H3. The molecule has 21 heavy (non-hydrogen) atoms. The Kier molecular flexibility index (Phi) is 5.35. The van der Waals surface area contributed by atoms with E-state index in [1.165, 1.54) is 0 Å². The molecule has 0 heterocycles. The first kappa shape index (κ1) is 15.1. The normalized spacial score (nSPS) is 10.2. The van der Waals surface area contributed by atoms with Gasteiger partial charge in [-0.25, -0.2) is 5.06 Å².